The lowest BCUT2D eigenvalue weighted by Crippen LogP contribution is -2.30. The Labute approximate surface area is 122 Å². The van der Waals surface area contributed by atoms with Crippen LogP contribution in [0.1, 0.15) is 10.4 Å². The highest BCUT2D eigenvalue weighted by Gasteiger charge is 2.12. The van der Waals surface area contributed by atoms with Crippen molar-refractivity contribution in [3.8, 4) is 5.75 Å². The molecule has 2 rings (SSSR count). The van der Waals surface area contributed by atoms with Crippen molar-refractivity contribution in [1.82, 2.24) is 4.90 Å². The highest BCUT2D eigenvalue weighted by atomic mass is 32.1. The Bertz CT molecular complexity index is 595. The van der Waals surface area contributed by atoms with Crippen LogP contribution in [0.5, 0.6) is 5.75 Å². The van der Waals surface area contributed by atoms with Crippen LogP contribution in [0.25, 0.3) is 0 Å². The number of rotatable bonds is 5. The smallest absolute Gasteiger partial charge is 0.260 e. The number of carbonyl (C=O) groups is 1. The van der Waals surface area contributed by atoms with E-state index in [9.17, 15) is 4.79 Å². The number of hydrogen-bond donors (Lipinski definition) is 1. The number of amides is 1. The molecule has 2 N–H and O–H groups in total. The summed E-state index contributed by atoms with van der Waals surface area (Å²) in [5.41, 5.74) is 7.49. The number of anilines is 1. The fraction of sp³-hybridized carbons (Fsp3) is 0.267. The molecule has 0 saturated carbocycles. The molecule has 20 heavy (non-hydrogen) atoms. The summed E-state index contributed by atoms with van der Waals surface area (Å²) in [6, 6.07) is 9.12. The average molecular weight is 290 g/mol. The highest BCUT2D eigenvalue weighted by Crippen LogP contribution is 2.18. The fourth-order valence-corrected chi connectivity index (χ4v) is 2.69. The van der Waals surface area contributed by atoms with Crippen molar-refractivity contribution in [2.45, 2.75) is 13.5 Å². The van der Waals surface area contributed by atoms with Crippen LogP contribution < -0.4 is 10.5 Å². The Morgan fingerprint density at radius 3 is 2.85 bits per heavy atom. The van der Waals surface area contributed by atoms with Gasteiger partial charge in [-0.15, -0.1) is 11.3 Å². The second-order valence-corrected chi connectivity index (χ2v) is 5.64. The maximum Gasteiger partial charge on any atom is 0.260 e. The van der Waals surface area contributed by atoms with E-state index in [4.69, 9.17) is 10.5 Å². The number of thiophene rings is 1. The zero-order valence-corrected chi connectivity index (χ0v) is 12.4. The van der Waals surface area contributed by atoms with Gasteiger partial charge in [0.05, 0.1) is 6.54 Å². The number of nitrogen functional groups attached to an aromatic ring is 1. The summed E-state index contributed by atoms with van der Waals surface area (Å²) in [5, 5.41) is 2.03. The fourth-order valence-electron chi connectivity index (χ4n) is 1.73. The Morgan fingerprint density at radius 1 is 1.40 bits per heavy atom. The van der Waals surface area contributed by atoms with Crippen LogP contribution in [0.3, 0.4) is 0 Å². The highest BCUT2D eigenvalue weighted by molar-refractivity contribution is 7.10. The monoisotopic (exact) mass is 290 g/mol. The van der Waals surface area contributed by atoms with Crippen molar-refractivity contribution in [1.29, 1.82) is 0 Å². The molecule has 0 aliphatic carbocycles. The molecule has 2 aromatic rings. The minimum Gasteiger partial charge on any atom is -0.484 e. The van der Waals surface area contributed by atoms with Gasteiger partial charge in [-0.2, -0.15) is 0 Å². The van der Waals surface area contributed by atoms with Gasteiger partial charge in [0.15, 0.2) is 6.61 Å². The van der Waals surface area contributed by atoms with Gasteiger partial charge in [-0.3, -0.25) is 4.79 Å². The van der Waals surface area contributed by atoms with Gasteiger partial charge < -0.3 is 15.4 Å². The zero-order chi connectivity index (χ0) is 14.5. The van der Waals surface area contributed by atoms with Crippen molar-refractivity contribution in [2.24, 2.45) is 0 Å². The first-order chi connectivity index (χ1) is 9.56. The normalized spacial score (nSPS) is 10.3. The average Bonchev–Trinajstić information content (AvgIpc) is 2.81. The van der Waals surface area contributed by atoms with E-state index >= 15 is 0 Å². The van der Waals surface area contributed by atoms with Crippen LogP contribution in [0.4, 0.5) is 5.69 Å². The van der Waals surface area contributed by atoms with E-state index in [1.165, 1.54) is 10.4 Å². The third-order valence-corrected chi connectivity index (χ3v) is 4.00. The Morgan fingerprint density at radius 2 is 2.20 bits per heavy atom. The second-order valence-electron chi connectivity index (χ2n) is 4.64. The molecule has 106 valence electrons. The molecule has 0 aliphatic rings. The summed E-state index contributed by atoms with van der Waals surface area (Å²) in [7, 11) is 1.78. The number of nitrogens with zero attached hydrogens (tertiary/aromatic N) is 1. The van der Waals surface area contributed by atoms with Gasteiger partial charge in [0.25, 0.3) is 5.91 Å². The topological polar surface area (TPSA) is 55.6 Å². The maximum absolute atomic E-state index is 12.0. The maximum atomic E-state index is 12.0. The second kappa shape index (κ2) is 6.43. The van der Waals surface area contributed by atoms with Crippen molar-refractivity contribution >= 4 is 22.9 Å². The van der Waals surface area contributed by atoms with Crippen LogP contribution in [-0.2, 0) is 11.3 Å². The van der Waals surface area contributed by atoms with E-state index in [2.05, 4.69) is 6.07 Å². The lowest BCUT2D eigenvalue weighted by Gasteiger charge is -2.17. The minimum atomic E-state index is -0.0553. The lowest BCUT2D eigenvalue weighted by molar-refractivity contribution is -0.132. The van der Waals surface area contributed by atoms with E-state index < -0.39 is 0 Å². The summed E-state index contributed by atoms with van der Waals surface area (Å²) < 4.78 is 5.45. The number of likely N-dealkylation sites (N-methyl/N-ethyl adjacent to an activating group) is 1. The predicted molar refractivity (Wildman–Crippen MR) is 81.9 cm³/mol. The SMILES string of the molecule is Cc1ccsc1CN(C)C(=O)COc1cccc(N)c1. The molecule has 4 nitrogen and oxygen atoms in total. The summed E-state index contributed by atoms with van der Waals surface area (Å²) in [4.78, 5) is 14.9. The van der Waals surface area contributed by atoms with Gasteiger partial charge in [0.1, 0.15) is 5.75 Å². The van der Waals surface area contributed by atoms with Crippen LogP contribution in [-0.4, -0.2) is 24.5 Å². The molecule has 0 radical (unpaired) electrons. The summed E-state index contributed by atoms with van der Waals surface area (Å²) in [6.07, 6.45) is 0. The molecule has 5 heteroatoms. The first kappa shape index (κ1) is 14.4. The van der Waals surface area contributed by atoms with Gasteiger partial charge in [-0.25, -0.2) is 0 Å². The first-order valence-electron chi connectivity index (χ1n) is 6.31. The van der Waals surface area contributed by atoms with Crippen LogP contribution in [0, 0.1) is 6.92 Å². The standard InChI is InChI=1S/C15H18N2O2S/c1-11-6-7-20-14(11)9-17(2)15(18)10-19-13-5-3-4-12(16)8-13/h3-8H,9-10,16H2,1-2H3. The zero-order valence-electron chi connectivity index (χ0n) is 11.6. The molecule has 0 unspecified atom stereocenters. The van der Waals surface area contributed by atoms with E-state index in [1.807, 2.05) is 12.3 Å². The summed E-state index contributed by atoms with van der Waals surface area (Å²) >= 11 is 1.66. The molecule has 0 atom stereocenters. The van der Waals surface area contributed by atoms with Crippen molar-refractivity contribution in [3.05, 3.63) is 46.2 Å². The van der Waals surface area contributed by atoms with E-state index in [-0.39, 0.29) is 12.5 Å². The van der Waals surface area contributed by atoms with E-state index in [1.54, 1.807) is 47.5 Å². The molecule has 0 spiro atoms. The quantitative estimate of drug-likeness (QED) is 0.861. The Balaban J connectivity index is 1.87. The van der Waals surface area contributed by atoms with Gasteiger partial charge in [0.2, 0.25) is 0 Å². The van der Waals surface area contributed by atoms with Crippen molar-refractivity contribution < 1.29 is 9.53 Å². The number of aryl methyl sites for hydroxylation is 1. The third kappa shape index (κ3) is 3.74. The molecular formula is C15H18N2O2S. The number of hydrogen-bond acceptors (Lipinski definition) is 4. The first-order valence-corrected chi connectivity index (χ1v) is 7.19. The molecule has 0 bridgehead atoms. The van der Waals surface area contributed by atoms with E-state index in [0.717, 1.165) is 0 Å². The van der Waals surface area contributed by atoms with Crippen molar-refractivity contribution in [2.75, 3.05) is 19.4 Å². The molecule has 1 amide bonds. The molecule has 0 fully saturated rings. The number of nitrogens with two attached hydrogens (primary N) is 1. The van der Waals surface area contributed by atoms with E-state index in [0.29, 0.717) is 18.0 Å². The molecule has 1 aromatic carbocycles. The van der Waals surface area contributed by atoms with Gasteiger partial charge in [-0.1, -0.05) is 6.07 Å². The van der Waals surface area contributed by atoms with Crippen LogP contribution in [0.2, 0.25) is 0 Å². The predicted octanol–water partition coefficient (Wildman–Crippen LogP) is 2.68. The largest absolute Gasteiger partial charge is 0.484 e. The Kier molecular flexibility index (Phi) is 4.63. The summed E-state index contributed by atoms with van der Waals surface area (Å²) in [5.74, 6) is 0.555. The Hall–Kier alpha value is -2.01. The van der Waals surface area contributed by atoms with Gasteiger partial charge in [-0.05, 0) is 36.1 Å². The van der Waals surface area contributed by atoms with Crippen LogP contribution in [0.15, 0.2) is 35.7 Å². The molecule has 0 aliphatic heterocycles. The number of ether oxygens (including phenoxy) is 1. The number of carbonyl (C=O) groups excluding carboxylic acids is 1. The summed E-state index contributed by atoms with van der Waals surface area (Å²) in [6.45, 7) is 2.68. The van der Waals surface area contributed by atoms with Crippen molar-refractivity contribution in [3.63, 3.8) is 0 Å². The molecular weight excluding hydrogens is 272 g/mol. The van der Waals surface area contributed by atoms with Crippen LogP contribution >= 0.6 is 11.3 Å². The molecule has 1 aromatic heterocycles. The van der Waals surface area contributed by atoms with Gasteiger partial charge in [0, 0.05) is 23.7 Å². The third-order valence-electron chi connectivity index (χ3n) is 3.00. The molecule has 0 saturated heterocycles. The molecule has 1 heterocycles. The minimum absolute atomic E-state index is 0.0182. The lowest BCUT2D eigenvalue weighted by atomic mass is 10.3. The van der Waals surface area contributed by atoms with Gasteiger partial charge >= 0.3 is 0 Å². The number of benzene rings is 1.